The number of nitrogens with zero attached hydrogens (tertiary/aromatic N) is 2. The van der Waals surface area contributed by atoms with Crippen molar-refractivity contribution < 1.29 is 0 Å². The first-order valence-corrected chi connectivity index (χ1v) is 6.40. The molecule has 20 heavy (non-hydrogen) atoms. The van der Waals surface area contributed by atoms with Crippen LogP contribution >= 0.6 is 0 Å². The van der Waals surface area contributed by atoms with Crippen LogP contribution in [0, 0.1) is 5.41 Å². The minimum atomic E-state index is 0.298. The molecule has 5 N–H and O–H groups in total. The number of fused-ring (bicyclic) bond motifs is 1. The summed E-state index contributed by atoms with van der Waals surface area (Å²) in [7, 11) is 1.81. The first-order valence-electron chi connectivity index (χ1n) is 6.40. The molecule has 2 aromatic heterocycles. The van der Waals surface area contributed by atoms with Gasteiger partial charge in [-0.15, -0.1) is 0 Å². The highest BCUT2D eigenvalue weighted by molar-refractivity contribution is 5.88. The lowest BCUT2D eigenvalue weighted by Gasteiger charge is -2.10. The van der Waals surface area contributed by atoms with Crippen molar-refractivity contribution in [3.8, 4) is 0 Å². The monoisotopic (exact) mass is 273 g/mol. The number of H-pyrrole nitrogens is 1. The van der Waals surface area contributed by atoms with Gasteiger partial charge < -0.3 is 26.3 Å². The molecule has 106 valence electrons. The number of hydrogen-bond donors (Lipinski definition) is 5. The molecule has 0 aromatic carbocycles. The fourth-order valence-corrected chi connectivity index (χ4v) is 1.69. The molecule has 0 saturated heterocycles. The summed E-state index contributed by atoms with van der Waals surface area (Å²) in [5, 5.41) is 17.5. The summed E-state index contributed by atoms with van der Waals surface area (Å²) >= 11 is 0. The molecule has 0 aliphatic carbocycles. The van der Waals surface area contributed by atoms with E-state index in [9.17, 15) is 0 Å². The van der Waals surface area contributed by atoms with E-state index in [1.54, 1.807) is 6.20 Å². The van der Waals surface area contributed by atoms with Crippen molar-refractivity contribution in [1.29, 1.82) is 5.41 Å². The van der Waals surface area contributed by atoms with Crippen LogP contribution < -0.4 is 16.0 Å². The molecule has 0 atom stereocenters. The summed E-state index contributed by atoms with van der Waals surface area (Å²) in [6.45, 7) is 4.05. The third-order valence-electron chi connectivity index (χ3n) is 2.64. The molecule has 0 fully saturated rings. The standard InChI is InChI=1S/C13H19N7/c1-8(2)17-7-9(6-14)18-13-19-11(15-3)10-4-5-16-12(10)20-13/h4-8,14,17H,1-3H3,(H3,15,16,18,19,20)/b9-7+,14-6?. The van der Waals surface area contributed by atoms with E-state index in [2.05, 4.69) is 30.9 Å². The van der Waals surface area contributed by atoms with Gasteiger partial charge in [0.25, 0.3) is 0 Å². The molecule has 0 spiro atoms. The van der Waals surface area contributed by atoms with Gasteiger partial charge in [0.1, 0.15) is 11.5 Å². The Morgan fingerprint density at radius 1 is 1.40 bits per heavy atom. The van der Waals surface area contributed by atoms with E-state index in [0.29, 0.717) is 17.7 Å². The second kappa shape index (κ2) is 6.05. The fourth-order valence-electron chi connectivity index (χ4n) is 1.69. The van der Waals surface area contributed by atoms with E-state index in [1.807, 2.05) is 33.2 Å². The van der Waals surface area contributed by atoms with Gasteiger partial charge in [0.2, 0.25) is 5.95 Å². The normalized spacial score (nSPS) is 11.7. The van der Waals surface area contributed by atoms with Gasteiger partial charge in [-0.05, 0) is 19.9 Å². The highest BCUT2D eigenvalue weighted by atomic mass is 15.2. The summed E-state index contributed by atoms with van der Waals surface area (Å²) in [6.07, 6.45) is 4.77. The van der Waals surface area contributed by atoms with Gasteiger partial charge in [0, 0.05) is 31.7 Å². The van der Waals surface area contributed by atoms with Crippen molar-refractivity contribution in [3.05, 3.63) is 24.2 Å². The zero-order valence-electron chi connectivity index (χ0n) is 11.8. The van der Waals surface area contributed by atoms with E-state index in [-0.39, 0.29) is 0 Å². The maximum atomic E-state index is 7.41. The third-order valence-corrected chi connectivity index (χ3v) is 2.64. The summed E-state index contributed by atoms with van der Waals surface area (Å²) in [5.74, 6) is 1.17. The molecule has 2 heterocycles. The summed E-state index contributed by atoms with van der Waals surface area (Å²) in [5.41, 5.74) is 1.33. The average molecular weight is 273 g/mol. The summed E-state index contributed by atoms with van der Waals surface area (Å²) in [6, 6.07) is 2.21. The number of anilines is 2. The molecule has 0 aliphatic rings. The number of aromatic amines is 1. The van der Waals surface area contributed by atoms with E-state index in [4.69, 9.17) is 5.41 Å². The van der Waals surface area contributed by atoms with Crippen molar-refractivity contribution >= 4 is 29.0 Å². The van der Waals surface area contributed by atoms with Crippen molar-refractivity contribution in [1.82, 2.24) is 20.3 Å². The van der Waals surface area contributed by atoms with Crippen LogP contribution in [0.2, 0.25) is 0 Å². The molecule has 0 unspecified atom stereocenters. The average Bonchev–Trinajstić information content (AvgIpc) is 2.90. The molecule has 2 rings (SSSR count). The van der Waals surface area contributed by atoms with Crippen LogP contribution in [0.3, 0.4) is 0 Å². The van der Waals surface area contributed by atoms with Crippen LogP contribution in [-0.4, -0.2) is 34.3 Å². The Labute approximate surface area is 117 Å². The van der Waals surface area contributed by atoms with Crippen LogP contribution in [0.5, 0.6) is 0 Å². The Hall–Kier alpha value is -2.57. The molecule has 0 saturated carbocycles. The minimum Gasteiger partial charge on any atom is -0.387 e. The van der Waals surface area contributed by atoms with Gasteiger partial charge in [-0.25, -0.2) is 0 Å². The molecule has 0 radical (unpaired) electrons. The lowest BCUT2D eigenvalue weighted by molar-refractivity contribution is 0.700. The third kappa shape index (κ3) is 3.05. The van der Waals surface area contributed by atoms with Crippen molar-refractivity contribution in [2.75, 3.05) is 17.7 Å². The number of nitrogens with one attached hydrogen (secondary N) is 5. The maximum absolute atomic E-state index is 7.41. The Balaban J connectivity index is 2.28. The molecule has 0 bridgehead atoms. The lowest BCUT2D eigenvalue weighted by atomic mass is 10.4. The predicted molar refractivity (Wildman–Crippen MR) is 82.2 cm³/mol. The number of allylic oxidation sites excluding steroid dienone is 1. The highest BCUT2D eigenvalue weighted by Crippen LogP contribution is 2.20. The second-order valence-electron chi connectivity index (χ2n) is 4.58. The summed E-state index contributed by atoms with van der Waals surface area (Å²) < 4.78 is 0. The number of hydrogen-bond acceptors (Lipinski definition) is 6. The Morgan fingerprint density at radius 2 is 2.20 bits per heavy atom. The van der Waals surface area contributed by atoms with Gasteiger partial charge in [-0.3, -0.25) is 0 Å². The van der Waals surface area contributed by atoms with Crippen LogP contribution in [0.1, 0.15) is 13.8 Å². The molecule has 0 aliphatic heterocycles. The second-order valence-corrected chi connectivity index (χ2v) is 4.58. The smallest absolute Gasteiger partial charge is 0.231 e. The Kier molecular flexibility index (Phi) is 4.19. The molecule has 7 nitrogen and oxygen atoms in total. The SMILES string of the molecule is CNc1nc(N/C(C=N)=C/NC(C)C)nc2[nH]ccc12. The Bertz CT molecular complexity index is 627. The van der Waals surface area contributed by atoms with Crippen LogP contribution in [0.4, 0.5) is 11.8 Å². The lowest BCUT2D eigenvalue weighted by Crippen LogP contribution is -2.18. The predicted octanol–water partition coefficient (Wildman–Crippen LogP) is 1.90. The summed E-state index contributed by atoms with van der Waals surface area (Å²) in [4.78, 5) is 11.8. The molecule has 7 heteroatoms. The van der Waals surface area contributed by atoms with Crippen molar-refractivity contribution in [2.24, 2.45) is 0 Å². The molecule has 0 amide bonds. The zero-order valence-corrected chi connectivity index (χ0v) is 11.8. The van der Waals surface area contributed by atoms with E-state index in [1.165, 1.54) is 6.21 Å². The molecular weight excluding hydrogens is 254 g/mol. The topological polar surface area (TPSA) is 102 Å². The van der Waals surface area contributed by atoms with E-state index in [0.717, 1.165) is 16.9 Å². The number of rotatable bonds is 6. The van der Waals surface area contributed by atoms with Gasteiger partial charge in [0.15, 0.2) is 0 Å². The van der Waals surface area contributed by atoms with E-state index >= 15 is 0 Å². The zero-order chi connectivity index (χ0) is 14.5. The van der Waals surface area contributed by atoms with Crippen molar-refractivity contribution in [2.45, 2.75) is 19.9 Å². The van der Waals surface area contributed by atoms with Gasteiger partial charge in [0.05, 0.1) is 11.1 Å². The van der Waals surface area contributed by atoms with Crippen LogP contribution in [-0.2, 0) is 0 Å². The first-order chi connectivity index (χ1) is 9.63. The van der Waals surface area contributed by atoms with Gasteiger partial charge in [-0.1, -0.05) is 0 Å². The van der Waals surface area contributed by atoms with Crippen LogP contribution in [0.15, 0.2) is 24.2 Å². The Morgan fingerprint density at radius 3 is 2.85 bits per heavy atom. The quantitative estimate of drug-likeness (QED) is 0.517. The fraction of sp³-hybridized carbons (Fsp3) is 0.308. The van der Waals surface area contributed by atoms with Crippen LogP contribution in [0.25, 0.3) is 11.0 Å². The molecule has 2 aromatic rings. The van der Waals surface area contributed by atoms with Gasteiger partial charge >= 0.3 is 0 Å². The van der Waals surface area contributed by atoms with Crippen molar-refractivity contribution in [3.63, 3.8) is 0 Å². The van der Waals surface area contributed by atoms with E-state index < -0.39 is 0 Å². The van der Waals surface area contributed by atoms with Gasteiger partial charge in [-0.2, -0.15) is 9.97 Å². The first kappa shape index (κ1) is 13.9. The number of aromatic nitrogens is 3. The maximum Gasteiger partial charge on any atom is 0.231 e. The minimum absolute atomic E-state index is 0.298. The largest absolute Gasteiger partial charge is 0.387 e. The molecular formula is C13H19N7. The highest BCUT2D eigenvalue weighted by Gasteiger charge is 2.07.